The number of rotatable bonds is 3. The van der Waals surface area contributed by atoms with Gasteiger partial charge in [-0.2, -0.15) is 0 Å². The Hall–Kier alpha value is -1.01. The van der Waals surface area contributed by atoms with Gasteiger partial charge in [0, 0.05) is 0 Å². The van der Waals surface area contributed by atoms with Gasteiger partial charge in [0.15, 0.2) is 0 Å². The van der Waals surface area contributed by atoms with Crippen LogP contribution in [0.5, 0.6) is 0 Å². The molecule has 4 bridgehead atoms. The van der Waals surface area contributed by atoms with E-state index < -0.39 is 5.54 Å². The molecule has 3 heteroatoms. The van der Waals surface area contributed by atoms with E-state index >= 15 is 0 Å². The maximum atomic E-state index is 12.3. The summed E-state index contributed by atoms with van der Waals surface area (Å²) in [5, 5.41) is 2.78. The van der Waals surface area contributed by atoms with Crippen molar-refractivity contribution in [1.82, 2.24) is 5.32 Å². The van der Waals surface area contributed by atoms with Crippen LogP contribution in [0.3, 0.4) is 0 Å². The van der Waals surface area contributed by atoms with E-state index in [9.17, 15) is 4.79 Å². The topological polar surface area (TPSA) is 55.1 Å². The zero-order valence-corrected chi connectivity index (χ0v) is 11.7. The second-order valence-corrected chi connectivity index (χ2v) is 7.13. The van der Waals surface area contributed by atoms with Gasteiger partial charge < -0.3 is 11.1 Å². The first-order valence-electron chi connectivity index (χ1n) is 7.53. The summed E-state index contributed by atoms with van der Waals surface area (Å²) in [4.78, 5) is 12.3. The van der Waals surface area contributed by atoms with E-state index in [1.807, 2.05) is 6.92 Å². The zero-order chi connectivity index (χ0) is 13.6. The molecule has 3 N–H and O–H groups in total. The van der Waals surface area contributed by atoms with E-state index in [0.717, 1.165) is 11.8 Å². The van der Waals surface area contributed by atoms with Gasteiger partial charge >= 0.3 is 0 Å². The molecular weight excluding hydrogens is 236 g/mol. The molecule has 1 unspecified atom stereocenters. The van der Waals surface area contributed by atoms with Crippen molar-refractivity contribution in [1.29, 1.82) is 0 Å². The smallest absolute Gasteiger partial charge is 0.240 e. The fourth-order valence-corrected chi connectivity index (χ4v) is 5.38. The van der Waals surface area contributed by atoms with Crippen LogP contribution in [0.2, 0.25) is 0 Å². The summed E-state index contributed by atoms with van der Waals surface area (Å²) in [6.07, 6.45) is 11.8. The number of hydrogen-bond acceptors (Lipinski definition) is 2. The van der Waals surface area contributed by atoms with Crippen LogP contribution in [-0.2, 0) is 4.79 Å². The Morgan fingerprint density at radius 1 is 1.26 bits per heavy atom. The molecule has 0 aromatic heterocycles. The number of carbonyl (C=O) groups is 1. The lowest BCUT2D eigenvalue weighted by molar-refractivity contribution is -0.136. The summed E-state index contributed by atoms with van der Waals surface area (Å²) in [6.45, 7) is 2.19. The molecule has 0 heterocycles. The minimum atomic E-state index is -0.764. The van der Waals surface area contributed by atoms with Gasteiger partial charge in [-0.1, -0.05) is 5.92 Å². The van der Waals surface area contributed by atoms with Gasteiger partial charge in [-0.15, -0.1) is 6.42 Å². The molecule has 0 aliphatic heterocycles. The molecule has 1 atom stereocenters. The van der Waals surface area contributed by atoms with Crippen LogP contribution in [0.25, 0.3) is 0 Å². The number of carbonyl (C=O) groups excluding carboxylic acids is 1. The van der Waals surface area contributed by atoms with Crippen LogP contribution in [-0.4, -0.2) is 18.0 Å². The number of nitrogens with one attached hydrogen (secondary N) is 1. The first-order valence-corrected chi connectivity index (χ1v) is 7.53. The molecule has 0 aromatic rings. The van der Waals surface area contributed by atoms with Gasteiger partial charge in [-0.25, -0.2) is 0 Å². The number of nitrogens with two attached hydrogens (primary N) is 1. The van der Waals surface area contributed by atoms with Crippen molar-refractivity contribution in [2.75, 3.05) is 6.54 Å². The van der Waals surface area contributed by atoms with Gasteiger partial charge in [0.25, 0.3) is 0 Å². The normalized spacial score (nSPS) is 42.5. The highest BCUT2D eigenvalue weighted by Crippen LogP contribution is 2.58. The summed E-state index contributed by atoms with van der Waals surface area (Å²) in [7, 11) is 0. The lowest BCUT2D eigenvalue weighted by Crippen LogP contribution is -2.64. The van der Waals surface area contributed by atoms with E-state index in [4.69, 9.17) is 12.2 Å². The Kier molecular flexibility index (Phi) is 3.09. The van der Waals surface area contributed by atoms with E-state index in [2.05, 4.69) is 11.2 Å². The predicted octanol–water partition coefficient (Wildman–Crippen LogP) is 1.53. The van der Waals surface area contributed by atoms with Gasteiger partial charge in [0.2, 0.25) is 5.91 Å². The first kappa shape index (κ1) is 13.0. The van der Waals surface area contributed by atoms with Crippen molar-refractivity contribution in [3.63, 3.8) is 0 Å². The van der Waals surface area contributed by atoms with Gasteiger partial charge in [-0.3, -0.25) is 4.79 Å². The minimum absolute atomic E-state index is 0.0667. The second-order valence-electron chi connectivity index (χ2n) is 7.13. The molecule has 104 valence electrons. The van der Waals surface area contributed by atoms with Crippen LogP contribution < -0.4 is 11.1 Å². The maximum Gasteiger partial charge on any atom is 0.240 e. The molecule has 1 amide bonds. The molecule has 4 aliphatic rings. The van der Waals surface area contributed by atoms with E-state index in [-0.39, 0.29) is 12.5 Å². The summed E-state index contributed by atoms with van der Waals surface area (Å²) in [6, 6.07) is 0. The molecule has 0 radical (unpaired) electrons. The highest BCUT2D eigenvalue weighted by molar-refractivity contribution is 5.86. The van der Waals surface area contributed by atoms with Crippen LogP contribution >= 0.6 is 0 Å². The van der Waals surface area contributed by atoms with Crippen LogP contribution in [0.1, 0.15) is 39.0 Å². The number of amides is 1. The van der Waals surface area contributed by atoms with Crippen LogP contribution in [0.15, 0.2) is 0 Å². The molecule has 4 fully saturated rings. The Morgan fingerprint density at radius 3 is 2.26 bits per heavy atom. The molecule has 0 aromatic carbocycles. The van der Waals surface area contributed by atoms with Crippen LogP contribution in [0.4, 0.5) is 0 Å². The summed E-state index contributed by atoms with van der Waals surface area (Å²) < 4.78 is 0. The van der Waals surface area contributed by atoms with E-state index in [0.29, 0.717) is 17.8 Å². The SMILES string of the molecule is C#CCNC(=O)C(C)(N)C1C2CC3CC(C2)CC1C3. The van der Waals surface area contributed by atoms with Crippen molar-refractivity contribution >= 4 is 5.91 Å². The third-order valence-corrected chi connectivity index (χ3v) is 5.76. The summed E-state index contributed by atoms with van der Waals surface area (Å²) in [5.74, 6) is 5.85. The molecule has 0 spiro atoms. The van der Waals surface area contributed by atoms with Crippen molar-refractivity contribution in [2.45, 2.75) is 44.6 Å². The average Bonchev–Trinajstić information content (AvgIpc) is 2.34. The lowest BCUT2D eigenvalue weighted by Gasteiger charge is -2.58. The first-order chi connectivity index (χ1) is 9.02. The van der Waals surface area contributed by atoms with Crippen molar-refractivity contribution in [3.05, 3.63) is 0 Å². The number of terminal acetylenes is 1. The molecule has 4 aliphatic carbocycles. The monoisotopic (exact) mass is 260 g/mol. The highest BCUT2D eigenvalue weighted by atomic mass is 16.2. The van der Waals surface area contributed by atoms with Crippen molar-refractivity contribution in [3.8, 4) is 12.3 Å². The largest absolute Gasteiger partial charge is 0.344 e. The predicted molar refractivity (Wildman–Crippen MR) is 75.0 cm³/mol. The van der Waals surface area contributed by atoms with Crippen LogP contribution in [0, 0.1) is 41.9 Å². The van der Waals surface area contributed by atoms with Crippen molar-refractivity contribution in [2.24, 2.45) is 35.3 Å². The second kappa shape index (κ2) is 4.52. The molecule has 4 rings (SSSR count). The summed E-state index contributed by atoms with van der Waals surface area (Å²) >= 11 is 0. The number of hydrogen-bond donors (Lipinski definition) is 2. The summed E-state index contributed by atoms with van der Waals surface area (Å²) in [5.41, 5.74) is 5.68. The highest BCUT2D eigenvalue weighted by Gasteiger charge is 2.55. The van der Waals surface area contributed by atoms with E-state index in [1.54, 1.807) is 0 Å². The van der Waals surface area contributed by atoms with Gasteiger partial charge in [0.1, 0.15) is 0 Å². The standard InChI is InChI=1S/C16H24N2O/c1-3-4-18-15(19)16(2,17)14-12-6-10-5-11(8-12)9-13(14)7-10/h1,10-14H,4-9,17H2,2H3,(H,18,19). The Labute approximate surface area is 115 Å². The Bertz CT molecular complexity index is 393. The fourth-order valence-electron chi connectivity index (χ4n) is 5.38. The molecular formula is C16H24N2O. The minimum Gasteiger partial charge on any atom is -0.344 e. The molecule has 19 heavy (non-hydrogen) atoms. The van der Waals surface area contributed by atoms with Gasteiger partial charge in [-0.05, 0) is 68.6 Å². The molecule has 4 saturated carbocycles. The Morgan fingerprint density at radius 2 is 1.79 bits per heavy atom. The molecule has 3 nitrogen and oxygen atoms in total. The zero-order valence-electron chi connectivity index (χ0n) is 11.7. The quantitative estimate of drug-likeness (QED) is 0.756. The fraction of sp³-hybridized carbons (Fsp3) is 0.812. The van der Waals surface area contributed by atoms with E-state index in [1.165, 1.54) is 32.1 Å². The lowest BCUT2D eigenvalue weighted by atomic mass is 9.48. The Balaban J connectivity index is 1.78. The maximum absolute atomic E-state index is 12.3. The van der Waals surface area contributed by atoms with Gasteiger partial charge in [0.05, 0.1) is 12.1 Å². The third kappa shape index (κ3) is 2.07. The molecule has 0 saturated heterocycles. The average molecular weight is 260 g/mol. The van der Waals surface area contributed by atoms with Crippen molar-refractivity contribution < 1.29 is 4.79 Å². The third-order valence-electron chi connectivity index (χ3n) is 5.76.